The van der Waals surface area contributed by atoms with Gasteiger partial charge in [-0.05, 0) is 47.0 Å². The van der Waals surface area contributed by atoms with Gasteiger partial charge in [0.2, 0.25) is 0 Å². The smallest absolute Gasteiger partial charge is 0.123 e. The van der Waals surface area contributed by atoms with E-state index in [0.717, 1.165) is 23.1 Å². The molecule has 2 rings (SSSR count). The number of hydrogen-bond donors (Lipinski definition) is 0. The highest BCUT2D eigenvalue weighted by Crippen LogP contribution is 2.42. The third-order valence-electron chi connectivity index (χ3n) is 2.28. The van der Waals surface area contributed by atoms with Crippen molar-refractivity contribution in [2.45, 2.75) is 18.4 Å². The number of alkyl halides is 1. The average molecular weight is 296 g/mol. The van der Waals surface area contributed by atoms with Gasteiger partial charge in [-0.1, -0.05) is 11.6 Å². The average Bonchev–Trinajstić information content (AvgIpc) is 2.93. The van der Waals surface area contributed by atoms with Gasteiger partial charge < -0.3 is 4.74 Å². The van der Waals surface area contributed by atoms with Crippen LogP contribution in [0.1, 0.15) is 12.8 Å². The first-order valence-corrected chi connectivity index (χ1v) is 6.06. The first-order valence-electron chi connectivity index (χ1n) is 4.35. The van der Waals surface area contributed by atoms with E-state index in [2.05, 4.69) is 15.9 Å². The molecule has 1 aromatic carbocycles. The van der Waals surface area contributed by atoms with Gasteiger partial charge in [-0.25, -0.2) is 0 Å². The van der Waals surface area contributed by atoms with Crippen molar-refractivity contribution in [3.8, 4) is 5.75 Å². The van der Waals surface area contributed by atoms with Crippen molar-refractivity contribution < 1.29 is 4.74 Å². The zero-order valence-corrected chi connectivity index (χ0v) is 10.5. The molecular formula is C10H9BrCl2O. The molecule has 1 aromatic rings. The summed E-state index contributed by atoms with van der Waals surface area (Å²) in [5, 5.41) is 0.660. The molecule has 0 radical (unpaired) electrons. The van der Waals surface area contributed by atoms with Crippen molar-refractivity contribution in [3.63, 3.8) is 0 Å². The van der Waals surface area contributed by atoms with Crippen LogP contribution < -0.4 is 4.74 Å². The highest BCUT2D eigenvalue weighted by Gasteiger charge is 2.44. The van der Waals surface area contributed by atoms with Crippen LogP contribution in [0.3, 0.4) is 0 Å². The Kier molecular flexibility index (Phi) is 2.96. The van der Waals surface area contributed by atoms with Crippen LogP contribution in [0, 0.1) is 0 Å². The number of benzene rings is 1. The molecule has 0 atom stereocenters. The first kappa shape index (κ1) is 10.6. The second kappa shape index (κ2) is 3.92. The van der Waals surface area contributed by atoms with E-state index < -0.39 is 0 Å². The number of hydrogen-bond acceptors (Lipinski definition) is 1. The number of ether oxygens (including phenoxy) is 1. The van der Waals surface area contributed by atoms with E-state index in [-0.39, 0.29) is 5.60 Å². The molecule has 1 nitrogen and oxygen atoms in total. The third-order valence-corrected chi connectivity index (χ3v) is 4.00. The number of rotatable bonds is 3. The summed E-state index contributed by atoms with van der Waals surface area (Å²) in [7, 11) is 0. The minimum atomic E-state index is -0.126. The van der Waals surface area contributed by atoms with Gasteiger partial charge in [-0.3, -0.25) is 0 Å². The third kappa shape index (κ3) is 2.18. The molecule has 1 aliphatic rings. The minimum absolute atomic E-state index is 0.126. The van der Waals surface area contributed by atoms with Crippen molar-refractivity contribution in [2.75, 3.05) is 5.88 Å². The summed E-state index contributed by atoms with van der Waals surface area (Å²) in [5.74, 6) is 1.33. The Morgan fingerprint density at radius 2 is 2.14 bits per heavy atom. The maximum absolute atomic E-state index is 5.95. The van der Waals surface area contributed by atoms with Crippen molar-refractivity contribution in [1.29, 1.82) is 0 Å². The summed E-state index contributed by atoms with van der Waals surface area (Å²) >= 11 is 15.1. The fraction of sp³-hybridized carbons (Fsp3) is 0.400. The Bertz CT molecular complexity index is 350. The minimum Gasteiger partial charge on any atom is -0.486 e. The van der Waals surface area contributed by atoms with Gasteiger partial charge in [-0.15, -0.1) is 11.6 Å². The number of halogens is 3. The molecule has 1 fully saturated rings. The zero-order valence-electron chi connectivity index (χ0n) is 7.40. The second-order valence-corrected chi connectivity index (χ2v) is 5.02. The molecular weight excluding hydrogens is 287 g/mol. The molecule has 4 heteroatoms. The van der Waals surface area contributed by atoms with Gasteiger partial charge in [0, 0.05) is 4.47 Å². The highest BCUT2D eigenvalue weighted by molar-refractivity contribution is 9.10. The van der Waals surface area contributed by atoms with E-state index in [4.69, 9.17) is 27.9 Å². The molecule has 1 aliphatic carbocycles. The lowest BCUT2D eigenvalue weighted by atomic mass is 10.3. The summed E-state index contributed by atoms with van der Waals surface area (Å²) in [6.07, 6.45) is 2.06. The topological polar surface area (TPSA) is 9.23 Å². The fourth-order valence-corrected chi connectivity index (χ4v) is 1.93. The van der Waals surface area contributed by atoms with Crippen LogP contribution in [-0.4, -0.2) is 11.5 Å². The molecule has 0 N–H and O–H groups in total. The maximum Gasteiger partial charge on any atom is 0.123 e. The summed E-state index contributed by atoms with van der Waals surface area (Å²) in [5.41, 5.74) is -0.126. The van der Waals surface area contributed by atoms with Crippen LogP contribution in [-0.2, 0) is 0 Å². The second-order valence-electron chi connectivity index (χ2n) is 3.49. The normalized spacial score (nSPS) is 17.9. The van der Waals surface area contributed by atoms with Crippen molar-refractivity contribution >= 4 is 39.1 Å². The zero-order chi connectivity index (χ0) is 10.2. The first-order chi connectivity index (χ1) is 6.65. The summed E-state index contributed by atoms with van der Waals surface area (Å²) < 4.78 is 6.64. The molecule has 0 unspecified atom stereocenters. The fourth-order valence-electron chi connectivity index (χ4n) is 1.19. The Balaban J connectivity index is 2.14. The van der Waals surface area contributed by atoms with E-state index >= 15 is 0 Å². The Labute approximate surface area is 101 Å². The van der Waals surface area contributed by atoms with Crippen molar-refractivity contribution in [1.82, 2.24) is 0 Å². The van der Waals surface area contributed by atoms with Crippen LogP contribution in [0.5, 0.6) is 5.75 Å². The largest absolute Gasteiger partial charge is 0.486 e. The van der Waals surface area contributed by atoms with Crippen LogP contribution in [0.25, 0.3) is 0 Å². The Hall–Kier alpha value is 0.0800. The lowest BCUT2D eigenvalue weighted by Gasteiger charge is -2.15. The maximum atomic E-state index is 5.95. The SMILES string of the molecule is ClCC1(Oc2ccc(Br)c(Cl)c2)CC1. The van der Waals surface area contributed by atoms with E-state index in [1.807, 2.05) is 12.1 Å². The Morgan fingerprint density at radius 1 is 1.43 bits per heavy atom. The van der Waals surface area contributed by atoms with Crippen LogP contribution in [0.15, 0.2) is 22.7 Å². The summed E-state index contributed by atoms with van der Waals surface area (Å²) in [6.45, 7) is 0. The van der Waals surface area contributed by atoms with Gasteiger partial charge in [0.1, 0.15) is 11.4 Å². The molecule has 0 bridgehead atoms. The molecule has 0 spiro atoms. The van der Waals surface area contributed by atoms with Gasteiger partial charge >= 0.3 is 0 Å². The summed E-state index contributed by atoms with van der Waals surface area (Å²) in [4.78, 5) is 0. The molecule has 0 amide bonds. The van der Waals surface area contributed by atoms with E-state index in [1.165, 1.54) is 0 Å². The van der Waals surface area contributed by atoms with Gasteiger partial charge in [0.25, 0.3) is 0 Å². The summed E-state index contributed by atoms with van der Waals surface area (Å²) in [6, 6.07) is 5.57. The van der Waals surface area contributed by atoms with Crippen molar-refractivity contribution in [2.24, 2.45) is 0 Å². The molecule has 14 heavy (non-hydrogen) atoms. The Morgan fingerprint density at radius 3 is 2.64 bits per heavy atom. The molecule has 0 saturated heterocycles. The lowest BCUT2D eigenvalue weighted by Crippen LogP contribution is -2.19. The van der Waals surface area contributed by atoms with Gasteiger partial charge in [-0.2, -0.15) is 0 Å². The lowest BCUT2D eigenvalue weighted by molar-refractivity contribution is 0.204. The molecule has 0 heterocycles. The highest BCUT2D eigenvalue weighted by atomic mass is 79.9. The monoisotopic (exact) mass is 294 g/mol. The van der Waals surface area contributed by atoms with E-state index in [9.17, 15) is 0 Å². The van der Waals surface area contributed by atoms with E-state index in [0.29, 0.717) is 10.9 Å². The quantitative estimate of drug-likeness (QED) is 0.758. The van der Waals surface area contributed by atoms with Crippen LogP contribution >= 0.6 is 39.1 Å². The molecule has 76 valence electrons. The van der Waals surface area contributed by atoms with Crippen molar-refractivity contribution in [3.05, 3.63) is 27.7 Å². The standard InChI is InChI=1S/C10H9BrCl2O/c11-8-2-1-7(5-9(8)13)14-10(6-12)3-4-10/h1-2,5H,3-4,6H2. The van der Waals surface area contributed by atoms with Gasteiger partial charge in [0.05, 0.1) is 10.9 Å². The van der Waals surface area contributed by atoms with Crippen LogP contribution in [0.4, 0.5) is 0 Å². The molecule has 0 aromatic heterocycles. The molecule has 1 saturated carbocycles. The predicted molar refractivity (Wildman–Crippen MR) is 62.5 cm³/mol. The van der Waals surface area contributed by atoms with Gasteiger partial charge in [0.15, 0.2) is 0 Å². The van der Waals surface area contributed by atoms with E-state index in [1.54, 1.807) is 6.07 Å². The predicted octanol–water partition coefficient (Wildman–Crippen LogP) is 4.25. The van der Waals surface area contributed by atoms with Crippen LogP contribution in [0.2, 0.25) is 5.02 Å². The molecule has 0 aliphatic heterocycles.